The number of nitrogens with two attached hydrogens (primary N) is 1. The fourth-order valence-electron chi connectivity index (χ4n) is 2.56. The summed E-state index contributed by atoms with van der Waals surface area (Å²) in [6.07, 6.45) is 1.42. The van der Waals surface area contributed by atoms with Crippen LogP contribution in [-0.4, -0.2) is 31.4 Å². The molecule has 1 fully saturated rings. The van der Waals surface area contributed by atoms with Gasteiger partial charge in [0, 0.05) is 23.8 Å². The lowest BCUT2D eigenvalue weighted by Crippen LogP contribution is -3.14. The smallest absolute Gasteiger partial charge is 0.279 e. The lowest BCUT2D eigenvalue weighted by Gasteiger charge is -2.27. The zero-order chi connectivity index (χ0) is 16.3. The minimum atomic E-state index is -0.261. The van der Waals surface area contributed by atoms with Gasteiger partial charge in [0.05, 0.1) is 28.8 Å². The molecule has 0 atom stereocenters. The summed E-state index contributed by atoms with van der Waals surface area (Å²) in [5, 5.41) is 3.72. The summed E-state index contributed by atoms with van der Waals surface area (Å²) in [6, 6.07) is 3.05. The molecule has 5 nitrogen and oxygen atoms in total. The molecular formula is C14H17Cl3N3O2+. The van der Waals surface area contributed by atoms with Crippen molar-refractivity contribution in [2.24, 2.45) is 11.7 Å². The molecule has 1 saturated heterocycles. The van der Waals surface area contributed by atoms with Gasteiger partial charge in [-0.1, -0.05) is 34.8 Å². The highest BCUT2D eigenvalue weighted by Gasteiger charge is 2.27. The molecule has 0 aromatic heterocycles. The Hall–Kier alpha value is -1.01. The number of carbonyl (C=O) groups is 2. The summed E-state index contributed by atoms with van der Waals surface area (Å²) in [4.78, 5) is 24.3. The normalized spacial score (nSPS) is 21.4. The van der Waals surface area contributed by atoms with E-state index in [1.54, 1.807) is 0 Å². The molecule has 1 aromatic carbocycles. The first-order valence-corrected chi connectivity index (χ1v) is 8.07. The molecule has 1 aromatic rings. The van der Waals surface area contributed by atoms with Crippen LogP contribution in [0.3, 0.4) is 0 Å². The fraction of sp³-hybridized carbons (Fsp3) is 0.429. The van der Waals surface area contributed by atoms with E-state index in [4.69, 9.17) is 40.5 Å². The van der Waals surface area contributed by atoms with Gasteiger partial charge in [-0.05, 0) is 12.1 Å². The summed E-state index contributed by atoms with van der Waals surface area (Å²) in [5.74, 6) is -0.520. The highest BCUT2D eigenvalue weighted by atomic mass is 35.5. The highest BCUT2D eigenvalue weighted by Crippen LogP contribution is 2.33. The van der Waals surface area contributed by atoms with Gasteiger partial charge >= 0.3 is 0 Å². The maximum Gasteiger partial charge on any atom is 0.279 e. The van der Waals surface area contributed by atoms with E-state index >= 15 is 0 Å². The Morgan fingerprint density at radius 2 is 1.73 bits per heavy atom. The Kier molecular flexibility index (Phi) is 5.92. The molecule has 22 heavy (non-hydrogen) atoms. The molecule has 4 N–H and O–H groups in total. The number of carbonyl (C=O) groups excluding carboxylic acids is 2. The molecule has 0 bridgehead atoms. The van der Waals surface area contributed by atoms with Crippen molar-refractivity contribution < 1.29 is 14.5 Å². The summed E-state index contributed by atoms with van der Waals surface area (Å²) >= 11 is 17.9. The molecule has 0 radical (unpaired) electrons. The first-order valence-electron chi connectivity index (χ1n) is 6.94. The van der Waals surface area contributed by atoms with Crippen molar-refractivity contribution in [3.05, 3.63) is 27.2 Å². The number of nitrogens with one attached hydrogen (secondary N) is 2. The molecule has 2 amide bonds. The zero-order valence-electron chi connectivity index (χ0n) is 11.8. The third-order valence-electron chi connectivity index (χ3n) is 3.78. The van der Waals surface area contributed by atoms with Gasteiger partial charge in [0.15, 0.2) is 6.54 Å². The van der Waals surface area contributed by atoms with E-state index in [0.717, 1.165) is 18.0 Å². The molecule has 1 heterocycles. The molecule has 2 rings (SSSR count). The Balaban J connectivity index is 1.90. The van der Waals surface area contributed by atoms with Crippen molar-refractivity contribution in [3.63, 3.8) is 0 Å². The number of primary amides is 1. The first kappa shape index (κ1) is 17.3. The predicted octanol–water partition coefficient (Wildman–Crippen LogP) is 1.37. The van der Waals surface area contributed by atoms with Crippen LogP contribution in [0, 0.1) is 5.92 Å². The number of halogens is 3. The number of piperidine rings is 1. The second-order valence-electron chi connectivity index (χ2n) is 5.40. The maximum atomic E-state index is 12.1. The number of amides is 2. The number of hydrogen-bond donors (Lipinski definition) is 3. The van der Waals surface area contributed by atoms with Crippen LogP contribution in [0.1, 0.15) is 12.8 Å². The van der Waals surface area contributed by atoms with Gasteiger partial charge in [0.2, 0.25) is 5.91 Å². The van der Waals surface area contributed by atoms with Gasteiger partial charge in [-0.3, -0.25) is 9.59 Å². The molecule has 1 aliphatic heterocycles. The van der Waals surface area contributed by atoms with E-state index in [1.165, 1.54) is 12.1 Å². The standard InChI is InChI=1S/C14H16Cl3N3O2/c15-9-5-10(16)13(11(17)6-9)19-12(21)7-20-3-1-8(2-4-20)14(18)22/h5-6,8H,1-4,7H2,(H2,18,22)(H,19,21)/p+1. The van der Waals surface area contributed by atoms with E-state index in [9.17, 15) is 9.59 Å². The summed E-state index contributed by atoms with van der Waals surface area (Å²) in [6.45, 7) is 1.77. The molecule has 0 unspecified atom stereocenters. The van der Waals surface area contributed by atoms with Crippen molar-refractivity contribution in [3.8, 4) is 0 Å². The predicted molar refractivity (Wildman–Crippen MR) is 87.6 cm³/mol. The number of rotatable bonds is 4. The SMILES string of the molecule is NC(=O)C1CC[NH+](CC(=O)Nc2c(Cl)cc(Cl)cc2Cl)CC1. The lowest BCUT2D eigenvalue weighted by atomic mass is 9.96. The molecule has 1 aliphatic rings. The van der Waals surface area contributed by atoms with Crippen molar-refractivity contribution in [1.82, 2.24) is 0 Å². The molecule has 120 valence electrons. The van der Waals surface area contributed by atoms with Crippen molar-refractivity contribution >= 4 is 52.3 Å². The second kappa shape index (κ2) is 7.51. The lowest BCUT2D eigenvalue weighted by molar-refractivity contribution is -0.897. The Bertz CT molecular complexity index is 564. The average Bonchev–Trinajstić information content (AvgIpc) is 2.43. The van der Waals surface area contributed by atoms with Gasteiger partial charge in [-0.25, -0.2) is 0 Å². The number of likely N-dealkylation sites (tertiary alicyclic amines) is 1. The Morgan fingerprint density at radius 1 is 1.18 bits per heavy atom. The third kappa shape index (κ3) is 4.49. The number of anilines is 1. The maximum absolute atomic E-state index is 12.1. The van der Waals surface area contributed by atoms with Crippen LogP contribution < -0.4 is 16.0 Å². The van der Waals surface area contributed by atoms with Crippen molar-refractivity contribution in [1.29, 1.82) is 0 Å². The fourth-order valence-corrected chi connectivity index (χ4v) is 3.47. The van der Waals surface area contributed by atoms with E-state index in [-0.39, 0.29) is 17.7 Å². The zero-order valence-corrected chi connectivity index (χ0v) is 14.1. The van der Waals surface area contributed by atoms with Gasteiger partial charge in [0.25, 0.3) is 5.91 Å². The van der Waals surface area contributed by atoms with E-state index in [0.29, 0.717) is 40.1 Å². The summed E-state index contributed by atoms with van der Waals surface area (Å²) < 4.78 is 0. The number of benzene rings is 1. The monoisotopic (exact) mass is 364 g/mol. The van der Waals surface area contributed by atoms with Crippen molar-refractivity contribution in [2.45, 2.75) is 12.8 Å². The minimum absolute atomic E-state index is 0.0769. The van der Waals surface area contributed by atoms with Gasteiger partial charge in [-0.15, -0.1) is 0 Å². The highest BCUT2D eigenvalue weighted by molar-refractivity contribution is 6.42. The van der Waals surface area contributed by atoms with Gasteiger partial charge in [0.1, 0.15) is 0 Å². The van der Waals surface area contributed by atoms with Gasteiger partial charge in [-0.2, -0.15) is 0 Å². The molecule has 0 spiro atoms. The number of quaternary nitrogens is 1. The van der Waals surface area contributed by atoms with Crippen molar-refractivity contribution in [2.75, 3.05) is 25.0 Å². The van der Waals surface area contributed by atoms with Crippen LogP contribution >= 0.6 is 34.8 Å². The van der Waals surface area contributed by atoms with Crippen LogP contribution in [0.25, 0.3) is 0 Å². The molecular weight excluding hydrogens is 349 g/mol. The van der Waals surface area contributed by atoms with E-state index in [2.05, 4.69) is 5.32 Å². The topological polar surface area (TPSA) is 76.6 Å². The molecule has 0 aliphatic carbocycles. The van der Waals surface area contributed by atoms with Crippen LogP contribution in [0.5, 0.6) is 0 Å². The largest absolute Gasteiger partial charge is 0.369 e. The quantitative estimate of drug-likeness (QED) is 0.753. The first-order chi connectivity index (χ1) is 10.4. The second-order valence-corrected chi connectivity index (χ2v) is 6.65. The third-order valence-corrected chi connectivity index (χ3v) is 4.59. The average molecular weight is 366 g/mol. The van der Waals surface area contributed by atoms with E-state index in [1.807, 2.05) is 0 Å². The molecule has 8 heteroatoms. The van der Waals surface area contributed by atoms with Crippen LogP contribution in [0.2, 0.25) is 15.1 Å². The van der Waals surface area contributed by atoms with E-state index < -0.39 is 0 Å². The minimum Gasteiger partial charge on any atom is -0.369 e. The summed E-state index contributed by atoms with van der Waals surface area (Å²) in [5.41, 5.74) is 5.66. The van der Waals surface area contributed by atoms with Crippen LogP contribution in [0.4, 0.5) is 5.69 Å². The Labute approximate surface area is 143 Å². The Morgan fingerprint density at radius 3 is 2.23 bits per heavy atom. The van der Waals surface area contributed by atoms with Crippen LogP contribution in [-0.2, 0) is 9.59 Å². The number of hydrogen-bond acceptors (Lipinski definition) is 2. The molecule has 0 saturated carbocycles. The summed E-state index contributed by atoms with van der Waals surface area (Å²) in [7, 11) is 0. The van der Waals surface area contributed by atoms with Crippen LogP contribution in [0.15, 0.2) is 12.1 Å². The van der Waals surface area contributed by atoms with Gasteiger partial charge < -0.3 is 16.0 Å².